The largest absolute Gasteiger partial charge is 0.478 e. The highest BCUT2D eigenvalue weighted by molar-refractivity contribution is 5.95. The number of nitrogens with one attached hydrogen (secondary N) is 1. The summed E-state index contributed by atoms with van der Waals surface area (Å²) in [5, 5.41) is 11.7. The van der Waals surface area contributed by atoms with Gasteiger partial charge < -0.3 is 14.8 Å². The standard InChI is InChI=1S/C18H17NO4/c20-16(15-7-12(10-23-15)17(21)22)19-9-13-8-18(13)6-5-11-3-1-2-4-14(11)18/h1-4,7,10,13H,5-6,8-9H2,(H,19,20)(H,21,22). The van der Waals surface area contributed by atoms with Crippen LogP contribution < -0.4 is 5.32 Å². The molecular formula is C18H17NO4. The summed E-state index contributed by atoms with van der Waals surface area (Å²) >= 11 is 0. The number of benzene rings is 1. The third-order valence-corrected chi connectivity index (χ3v) is 5.21. The van der Waals surface area contributed by atoms with Crippen molar-refractivity contribution in [2.24, 2.45) is 5.92 Å². The van der Waals surface area contributed by atoms with Gasteiger partial charge in [0.2, 0.25) is 0 Å². The van der Waals surface area contributed by atoms with E-state index in [0.717, 1.165) is 25.5 Å². The molecule has 1 aromatic carbocycles. The minimum absolute atomic E-state index is 0.0113. The third-order valence-electron chi connectivity index (χ3n) is 5.21. The van der Waals surface area contributed by atoms with Crippen molar-refractivity contribution in [3.05, 3.63) is 59.0 Å². The Balaban J connectivity index is 1.40. The molecule has 2 unspecified atom stereocenters. The quantitative estimate of drug-likeness (QED) is 0.909. The minimum atomic E-state index is -1.10. The lowest BCUT2D eigenvalue weighted by Crippen LogP contribution is -2.27. The maximum atomic E-state index is 12.1. The van der Waals surface area contributed by atoms with E-state index in [1.807, 2.05) is 0 Å². The fourth-order valence-corrected chi connectivity index (χ4v) is 3.87. The number of carbonyl (C=O) groups excluding carboxylic acids is 1. The fraction of sp³-hybridized carbons (Fsp3) is 0.333. The molecule has 0 bridgehead atoms. The van der Waals surface area contributed by atoms with E-state index in [9.17, 15) is 9.59 Å². The number of fused-ring (bicyclic) bond motifs is 2. The van der Waals surface area contributed by atoms with Crippen molar-refractivity contribution in [1.29, 1.82) is 0 Å². The Hall–Kier alpha value is -2.56. The van der Waals surface area contributed by atoms with Crippen LogP contribution in [-0.2, 0) is 11.8 Å². The van der Waals surface area contributed by atoms with Gasteiger partial charge in [-0.15, -0.1) is 0 Å². The van der Waals surface area contributed by atoms with Crippen LogP contribution in [0, 0.1) is 5.92 Å². The highest BCUT2D eigenvalue weighted by Gasteiger charge is 2.57. The van der Waals surface area contributed by atoms with Crippen LogP contribution in [0.15, 0.2) is 41.0 Å². The second-order valence-electron chi connectivity index (χ2n) is 6.43. The molecule has 5 heteroatoms. The van der Waals surface area contributed by atoms with E-state index in [0.29, 0.717) is 12.5 Å². The molecule has 2 atom stereocenters. The van der Waals surface area contributed by atoms with Gasteiger partial charge in [-0.1, -0.05) is 24.3 Å². The van der Waals surface area contributed by atoms with E-state index in [2.05, 4.69) is 29.6 Å². The molecular weight excluding hydrogens is 294 g/mol. The molecule has 0 saturated heterocycles. The predicted octanol–water partition coefficient (Wildman–Crippen LogP) is 2.61. The van der Waals surface area contributed by atoms with Gasteiger partial charge in [0.1, 0.15) is 6.26 Å². The van der Waals surface area contributed by atoms with Crippen LogP contribution >= 0.6 is 0 Å². The lowest BCUT2D eigenvalue weighted by molar-refractivity contribution is 0.0696. The van der Waals surface area contributed by atoms with Crippen LogP contribution in [0.25, 0.3) is 0 Å². The number of aryl methyl sites for hydroxylation is 1. The summed E-state index contributed by atoms with van der Waals surface area (Å²) in [6, 6.07) is 9.81. The van der Waals surface area contributed by atoms with Crippen molar-refractivity contribution < 1.29 is 19.1 Å². The Bertz CT molecular complexity index is 794. The van der Waals surface area contributed by atoms with Crippen LogP contribution in [0.5, 0.6) is 0 Å². The Labute approximate surface area is 133 Å². The van der Waals surface area contributed by atoms with Gasteiger partial charge in [-0.05, 0) is 36.3 Å². The zero-order chi connectivity index (χ0) is 16.0. The van der Waals surface area contributed by atoms with Gasteiger partial charge in [0.15, 0.2) is 5.76 Å². The van der Waals surface area contributed by atoms with Gasteiger partial charge in [-0.3, -0.25) is 4.79 Å². The average Bonchev–Trinajstić information content (AvgIpc) is 2.89. The van der Waals surface area contributed by atoms with Gasteiger partial charge in [0.25, 0.3) is 5.91 Å². The normalized spacial score (nSPS) is 24.4. The summed E-state index contributed by atoms with van der Waals surface area (Å²) in [4.78, 5) is 22.9. The summed E-state index contributed by atoms with van der Waals surface area (Å²) in [5.41, 5.74) is 3.09. The number of furan rings is 1. The number of rotatable bonds is 4. The highest BCUT2D eigenvalue weighted by Crippen LogP contribution is 2.61. The molecule has 4 rings (SSSR count). The molecule has 1 aromatic heterocycles. The molecule has 118 valence electrons. The second kappa shape index (κ2) is 4.98. The number of carboxylic acid groups (broad SMARTS) is 1. The Morgan fingerprint density at radius 3 is 2.96 bits per heavy atom. The van der Waals surface area contributed by atoms with Crippen LogP contribution in [0.3, 0.4) is 0 Å². The summed E-state index contributed by atoms with van der Waals surface area (Å²) < 4.78 is 5.02. The van der Waals surface area contributed by atoms with Crippen molar-refractivity contribution in [3.8, 4) is 0 Å². The first-order valence-corrected chi connectivity index (χ1v) is 7.78. The SMILES string of the molecule is O=C(O)c1coc(C(=O)NCC2CC23CCc2ccccc23)c1. The minimum Gasteiger partial charge on any atom is -0.478 e. The van der Waals surface area contributed by atoms with E-state index in [-0.39, 0.29) is 22.6 Å². The highest BCUT2D eigenvalue weighted by atomic mass is 16.4. The lowest BCUT2D eigenvalue weighted by atomic mass is 9.95. The molecule has 1 spiro atoms. The predicted molar refractivity (Wildman–Crippen MR) is 82.5 cm³/mol. The van der Waals surface area contributed by atoms with Crippen molar-refractivity contribution >= 4 is 11.9 Å². The van der Waals surface area contributed by atoms with Crippen molar-refractivity contribution in [2.75, 3.05) is 6.54 Å². The van der Waals surface area contributed by atoms with Gasteiger partial charge in [-0.2, -0.15) is 0 Å². The third kappa shape index (κ3) is 2.23. The van der Waals surface area contributed by atoms with Gasteiger partial charge >= 0.3 is 5.97 Å². The fourth-order valence-electron chi connectivity index (χ4n) is 3.87. The molecule has 1 amide bonds. The first-order valence-electron chi connectivity index (χ1n) is 7.78. The molecule has 2 N–H and O–H groups in total. The van der Waals surface area contributed by atoms with Gasteiger partial charge in [0, 0.05) is 18.0 Å². The molecule has 2 aromatic rings. The topological polar surface area (TPSA) is 79.5 Å². The summed E-state index contributed by atoms with van der Waals surface area (Å²) in [5.74, 6) is -0.963. The zero-order valence-corrected chi connectivity index (χ0v) is 12.5. The first kappa shape index (κ1) is 14.1. The number of amides is 1. The molecule has 1 heterocycles. The van der Waals surface area contributed by atoms with Crippen LogP contribution in [0.4, 0.5) is 0 Å². The van der Waals surface area contributed by atoms with Crippen LogP contribution in [-0.4, -0.2) is 23.5 Å². The van der Waals surface area contributed by atoms with Gasteiger partial charge in [-0.25, -0.2) is 4.79 Å². The zero-order valence-electron chi connectivity index (χ0n) is 12.5. The molecule has 2 aliphatic carbocycles. The average molecular weight is 311 g/mol. The summed E-state index contributed by atoms with van der Waals surface area (Å²) in [7, 11) is 0. The van der Waals surface area contributed by atoms with Crippen molar-refractivity contribution in [3.63, 3.8) is 0 Å². The van der Waals surface area contributed by atoms with E-state index in [4.69, 9.17) is 9.52 Å². The van der Waals surface area contributed by atoms with Gasteiger partial charge in [0.05, 0.1) is 5.56 Å². The first-order chi connectivity index (χ1) is 11.1. The molecule has 0 radical (unpaired) electrons. The maximum Gasteiger partial charge on any atom is 0.338 e. The number of hydrogen-bond acceptors (Lipinski definition) is 3. The molecule has 23 heavy (non-hydrogen) atoms. The maximum absolute atomic E-state index is 12.1. The Kier molecular flexibility index (Phi) is 3.04. The lowest BCUT2D eigenvalue weighted by Gasteiger charge is -2.11. The van der Waals surface area contributed by atoms with Crippen LogP contribution in [0.2, 0.25) is 0 Å². The molecule has 2 aliphatic rings. The summed E-state index contributed by atoms with van der Waals surface area (Å²) in [6.07, 6.45) is 4.45. The van der Waals surface area contributed by atoms with Crippen molar-refractivity contribution in [1.82, 2.24) is 5.32 Å². The van der Waals surface area contributed by atoms with E-state index >= 15 is 0 Å². The smallest absolute Gasteiger partial charge is 0.338 e. The number of hydrogen-bond donors (Lipinski definition) is 2. The second-order valence-corrected chi connectivity index (χ2v) is 6.43. The number of carbonyl (C=O) groups is 2. The molecule has 1 saturated carbocycles. The monoisotopic (exact) mass is 311 g/mol. The van der Waals surface area contributed by atoms with E-state index < -0.39 is 5.97 Å². The van der Waals surface area contributed by atoms with E-state index in [1.165, 1.54) is 17.2 Å². The van der Waals surface area contributed by atoms with E-state index in [1.54, 1.807) is 0 Å². The molecule has 5 nitrogen and oxygen atoms in total. The summed E-state index contributed by atoms with van der Waals surface area (Å²) in [6.45, 7) is 0.594. The molecule has 0 aliphatic heterocycles. The van der Waals surface area contributed by atoms with Crippen LogP contribution in [0.1, 0.15) is 44.9 Å². The van der Waals surface area contributed by atoms with Crippen molar-refractivity contribution in [2.45, 2.75) is 24.7 Å². The number of aromatic carboxylic acids is 1. The Morgan fingerprint density at radius 1 is 1.35 bits per heavy atom. The number of carboxylic acids is 1. The molecule has 1 fully saturated rings. The Morgan fingerprint density at radius 2 is 2.17 bits per heavy atom.